The predicted octanol–water partition coefficient (Wildman–Crippen LogP) is 3.14. The van der Waals surface area contributed by atoms with Crippen LogP contribution in [-0.2, 0) is 20.5 Å². The van der Waals surface area contributed by atoms with Crippen molar-refractivity contribution in [3.05, 3.63) is 48.0 Å². The average molecular weight is 376 g/mol. The van der Waals surface area contributed by atoms with Crippen molar-refractivity contribution in [3.8, 4) is 0 Å². The highest BCUT2D eigenvalue weighted by atomic mass is 32.0. The number of rotatable bonds is 8. The lowest BCUT2D eigenvalue weighted by Gasteiger charge is -2.20. The van der Waals surface area contributed by atoms with Crippen LogP contribution in [0.5, 0.6) is 0 Å². The van der Waals surface area contributed by atoms with E-state index in [1.165, 1.54) is 5.56 Å². The minimum atomic E-state index is -0.503. The average Bonchev–Trinajstić information content (AvgIpc) is 3.13. The van der Waals surface area contributed by atoms with Crippen molar-refractivity contribution >= 4 is 30.2 Å². The molecule has 1 aliphatic heterocycles. The van der Waals surface area contributed by atoms with E-state index in [9.17, 15) is 9.90 Å². The topological polar surface area (TPSA) is 55.8 Å². The zero-order chi connectivity index (χ0) is 17.6. The highest BCUT2D eigenvalue weighted by molar-refractivity contribution is 8.21. The molecule has 7 heteroatoms. The van der Waals surface area contributed by atoms with Crippen LogP contribution in [0.1, 0.15) is 24.8 Å². The van der Waals surface area contributed by atoms with Gasteiger partial charge >= 0.3 is 5.97 Å². The molecule has 2 fully saturated rings. The number of benzene rings is 1. The molecule has 2 radical (unpaired) electrons. The zero-order valence-corrected chi connectivity index (χ0v) is 16.0. The molecule has 2 unspecified atom stereocenters. The summed E-state index contributed by atoms with van der Waals surface area (Å²) in [5.41, 5.74) is 1.22. The lowest BCUT2D eigenvalue weighted by atomic mass is 9.91. The summed E-state index contributed by atoms with van der Waals surface area (Å²) in [6.07, 6.45) is 6.01. The summed E-state index contributed by atoms with van der Waals surface area (Å²) in [5, 5.41) is 10.3. The van der Waals surface area contributed by atoms with Crippen LogP contribution in [0.15, 0.2) is 42.5 Å². The molecule has 7 atom stereocenters. The third-order valence-electron chi connectivity index (χ3n) is 4.95. The second kappa shape index (κ2) is 9.28. The largest absolute Gasteiger partial charge is 0.462 e. The van der Waals surface area contributed by atoms with E-state index < -0.39 is 6.10 Å². The Morgan fingerprint density at radius 3 is 2.96 bits per heavy atom. The van der Waals surface area contributed by atoms with Crippen LogP contribution in [0.2, 0.25) is 0 Å². The van der Waals surface area contributed by atoms with Gasteiger partial charge in [0.2, 0.25) is 0 Å². The molecule has 1 heterocycles. The summed E-state index contributed by atoms with van der Waals surface area (Å²) in [7, 11) is 6.14. The highest BCUT2D eigenvalue weighted by Gasteiger charge is 2.49. The number of carbonyl (C=O) groups excluding carboxylic acids is 1. The number of aliphatic hydroxyl groups excluding tert-OH is 1. The number of ether oxygens (including phenoxy) is 1. The molecule has 1 aliphatic carbocycles. The molecule has 25 heavy (non-hydrogen) atoms. The highest BCUT2D eigenvalue weighted by Crippen LogP contribution is 2.47. The van der Waals surface area contributed by atoms with Crippen molar-refractivity contribution in [1.29, 1.82) is 0 Å². The van der Waals surface area contributed by atoms with Gasteiger partial charge in [-0.2, -0.15) is 0 Å². The number of hydrogen-bond donors (Lipinski definition) is 1. The number of carbonyl (C=O) groups is 1. The maximum absolute atomic E-state index is 11.6. The standard InChI is InChI=1S/C18H23BO4P2/c19-24-25-23-17-11-16-15(10-18(21)22-16)14(17)9-8-13(20)7-6-12-4-2-1-3-5-12/h1-5,8-9,13-17,20,24-25H,6-7,10-11H2/b9-8+/t13-,14+,15+,16-,17+/m0/s1. The van der Waals surface area contributed by atoms with Crippen molar-refractivity contribution in [2.24, 2.45) is 11.8 Å². The Labute approximate surface area is 153 Å². The van der Waals surface area contributed by atoms with Crippen LogP contribution in [0.25, 0.3) is 0 Å². The van der Waals surface area contributed by atoms with E-state index >= 15 is 0 Å². The van der Waals surface area contributed by atoms with Crippen molar-refractivity contribution in [3.63, 3.8) is 0 Å². The van der Waals surface area contributed by atoms with Crippen LogP contribution in [-0.4, -0.2) is 37.0 Å². The maximum Gasteiger partial charge on any atom is 0.306 e. The van der Waals surface area contributed by atoms with Gasteiger partial charge in [0.25, 0.3) is 0 Å². The Hall–Kier alpha value is -0.725. The third-order valence-corrected chi connectivity index (χ3v) is 6.19. The number of fused-ring (bicyclic) bond motifs is 1. The van der Waals surface area contributed by atoms with Crippen LogP contribution in [0.3, 0.4) is 0 Å². The van der Waals surface area contributed by atoms with Gasteiger partial charge in [-0.3, -0.25) is 4.79 Å². The lowest BCUT2D eigenvalue weighted by Crippen LogP contribution is -2.19. The van der Waals surface area contributed by atoms with E-state index in [2.05, 4.69) is 12.1 Å². The smallest absolute Gasteiger partial charge is 0.306 e. The predicted molar refractivity (Wildman–Crippen MR) is 103 cm³/mol. The second-order valence-corrected chi connectivity index (χ2v) is 8.80. The number of aryl methyl sites for hydroxylation is 1. The van der Waals surface area contributed by atoms with Crippen molar-refractivity contribution in [1.82, 2.24) is 0 Å². The quantitative estimate of drug-likeness (QED) is 0.328. The normalized spacial score (nSPS) is 30.7. The minimum absolute atomic E-state index is 0.0232. The van der Waals surface area contributed by atoms with Gasteiger partial charge in [-0.15, -0.1) is 8.15 Å². The fraction of sp³-hybridized carbons (Fsp3) is 0.500. The Morgan fingerprint density at radius 2 is 2.20 bits per heavy atom. The summed E-state index contributed by atoms with van der Waals surface area (Å²) < 4.78 is 11.3. The number of aliphatic hydroxyl groups is 1. The molecule has 1 aromatic rings. The fourth-order valence-corrected chi connectivity index (χ4v) is 4.84. The van der Waals surface area contributed by atoms with Crippen LogP contribution in [0, 0.1) is 11.8 Å². The molecular weight excluding hydrogens is 353 g/mol. The Kier molecular flexibility index (Phi) is 7.07. The van der Waals surface area contributed by atoms with E-state index in [1.54, 1.807) is 0 Å². The molecule has 0 amide bonds. The van der Waals surface area contributed by atoms with Crippen molar-refractivity contribution in [2.45, 2.75) is 44.0 Å². The van der Waals surface area contributed by atoms with Gasteiger partial charge in [0.1, 0.15) is 13.7 Å². The molecule has 2 aliphatic rings. The monoisotopic (exact) mass is 376 g/mol. The summed E-state index contributed by atoms with van der Waals surface area (Å²) in [6, 6.07) is 10.1. The molecule has 1 saturated carbocycles. The SMILES string of the molecule is [B]PPO[C@@H]1C[C@@H]2OC(=O)C[C@@H]2[C@H]1/C=C/[C@@H](O)CCc1ccccc1. The molecule has 1 N–H and O–H groups in total. The van der Waals surface area contributed by atoms with Gasteiger partial charge in [-0.1, -0.05) is 42.5 Å². The lowest BCUT2D eigenvalue weighted by molar-refractivity contribution is -0.141. The molecule has 1 aromatic carbocycles. The van der Waals surface area contributed by atoms with E-state index in [0.717, 1.165) is 12.8 Å². The van der Waals surface area contributed by atoms with Gasteiger partial charge in [0.05, 0.1) is 18.6 Å². The first-order valence-electron chi connectivity index (χ1n) is 8.63. The van der Waals surface area contributed by atoms with Gasteiger partial charge in [-0.05, 0) is 18.4 Å². The molecule has 3 rings (SSSR count). The first-order chi connectivity index (χ1) is 12.2. The summed E-state index contributed by atoms with van der Waals surface area (Å²) in [6.45, 7) is 0. The maximum atomic E-state index is 11.6. The van der Waals surface area contributed by atoms with E-state index in [0.29, 0.717) is 12.8 Å². The summed E-state index contributed by atoms with van der Waals surface area (Å²) in [4.78, 5) is 11.6. The van der Waals surface area contributed by atoms with E-state index in [-0.39, 0.29) is 46.7 Å². The Balaban J connectivity index is 1.57. The third kappa shape index (κ3) is 5.14. The Morgan fingerprint density at radius 1 is 1.40 bits per heavy atom. The number of hydrogen-bond acceptors (Lipinski definition) is 4. The van der Waals surface area contributed by atoms with Gasteiger partial charge < -0.3 is 14.4 Å². The Bertz CT molecular complexity index is 598. The first kappa shape index (κ1) is 19.0. The minimum Gasteiger partial charge on any atom is -0.462 e. The van der Waals surface area contributed by atoms with Crippen LogP contribution >= 0.6 is 16.6 Å². The molecule has 1 saturated heterocycles. The van der Waals surface area contributed by atoms with Crippen LogP contribution in [0.4, 0.5) is 0 Å². The zero-order valence-electron chi connectivity index (χ0n) is 14.0. The van der Waals surface area contributed by atoms with E-state index in [4.69, 9.17) is 16.8 Å². The van der Waals surface area contributed by atoms with Gasteiger partial charge in [0, 0.05) is 26.8 Å². The fourth-order valence-electron chi connectivity index (χ4n) is 3.71. The van der Waals surface area contributed by atoms with E-state index in [1.807, 2.05) is 30.4 Å². The molecular formula is C18H23BO4P2. The second-order valence-electron chi connectivity index (χ2n) is 6.59. The van der Waals surface area contributed by atoms with Crippen molar-refractivity contribution < 1.29 is 19.2 Å². The van der Waals surface area contributed by atoms with Crippen LogP contribution < -0.4 is 0 Å². The molecule has 4 nitrogen and oxygen atoms in total. The molecule has 0 aromatic heterocycles. The summed E-state index contributed by atoms with van der Waals surface area (Å²) in [5.74, 6) is 0.132. The van der Waals surface area contributed by atoms with Gasteiger partial charge in [0.15, 0.2) is 0 Å². The first-order valence-corrected chi connectivity index (χ1v) is 11.6. The molecule has 0 spiro atoms. The molecule has 132 valence electrons. The number of esters is 1. The van der Waals surface area contributed by atoms with Gasteiger partial charge in [-0.25, -0.2) is 0 Å². The molecule has 0 bridgehead atoms. The van der Waals surface area contributed by atoms with Crippen molar-refractivity contribution in [2.75, 3.05) is 0 Å². The summed E-state index contributed by atoms with van der Waals surface area (Å²) >= 11 is 0.